The summed E-state index contributed by atoms with van der Waals surface area (Å²) in [4.78, 5) is 26.9. The average Bonchev–Trinajstić information content (AvgIpc) is 3.21. The molecule has 0 fully saturated rings. The van der Waals surface area contributed by atoms with Gasteiger partial charge in [0.25, 0.3) is 5.91 Å². The number of amides is 1. The van der Waals surface area contributed by atoms with E-state index in [1.165, 1.54) is 4.70 Å². The van der Waals surface area contributed by atoms with Crippen LogP contribution in [0.15, 0.2) is 64.9 Å². The number of carbonyl (C=O) groups excluding carboxylic acids is 1. The third-order valence-corrected chi connectivity index (χ3v) is 4.96. The van der Waals surface area contributed by atoms with Gasteiger partial charge in [-0.3, -0.25) is 9.36 Å². The van der Waals surface area contributed by atoms with Crippen molar-refractivity contribution in [3.8, 4) is 5.69 Å². The third-order valence-electron chi connectivity index (χ3n) is 4.06. The van der Waals surface area contributed by atoms with Gasteiger partial charge >= 0.3 is 5.69 Å². The van der Waals surface area contributed by atoms with Crippen LogP contribution in [-0.2, 0) is 0 Å². The average molecular weight is 349 g/mol. The zero-order valence-corrected chi connectivity index (χ0v) is 14.3. The fraction of sp³-hybridized carbons (Fsp3) is 0.0526. The van der Waals surface area contributed by atoms with Gasteiger partial charge in [0.1, 0.15) is 0 Å². The molecular formula is C19H15N3O2S. The molecule has 2 N–H and O–H groups in total. The third kappa shape index (κ3) is 2.88. The first-order valence-electron chi connectivity index (χ1n) is 7.78. The minimum Gasteiger partial charge on any atom is -0.322 e. The Morgan fingerprint density at radius 3 is 2.64 bits per heavy atom. The zero-order valence-electron chi connectivity index (χ0n) is 13.4. The lowest BCUT2D eigenvalue weighted by atomic mass is 10.1. The number of H-pyrrole nitrogens is 1. The summed E-state index contributed by atoms with van der Waals surface area (Å²) in [6.07, 6.45) is 1.66. The Bertz CT molecular complexity index is 1120. The number of aryl methyl sites for hydroxylation is 1. The molecule has 0 aliphatic heterocycles. The summed E-state index contributed by atoms with van der Waals surface area (Å²) in [6.45, 7) is 1.85. The number of rotatable bonds is 3. The highest BCUT2D eigenvalue weighted by atomic mass is 32.1. The standard InChI is InChI=1S/C19H15N3O2S/c1-12-11-20-19(24)22(12)16-5-2-13(3-6-16)18(23)21-15-4-7-17-14(10-15)8-9-25-17/h2-11H,1H3,(H,20,24)(H,21,23). The van der Waals surface area contributed by atoms with Crippen LogP contribution < -0.4 is 11.0 Å². The second-order valence-corrected chi connectivity index (χ2v) is 6.69. The van der Waals surface area contributed by atoms with E-state index in [2.05, 4.69) is 10.3 Å². The number of anilines is 1. The molecule has 4 aromatic rings. The molecule has 0 bridgehead atoms. The molecule has 2 aromatic heterocycles. The molecule has 0 spiro atoms. The van der Waals surface area contributed by atoms with Crippen molar-refractivity contribution in [1.82, 2.24) is 9.55 Å². The Hall–Kier alpha value is -3.12. The maximum absolute atomic E-state index is 12.4. The molecule has 0 saturated carbocycles. The van der Waals surface area contributed by atoms with Crippen LogP contribution in [0.1, 0.15) is 16.1 Å². The predicted octanol–water partition coefficient (Wildman–Crippen LogP) is 3.94. The maximum Gasteiger partial charge on any atom is 0.330 e. The highest BCUT2D eigenvalue weighted by molar-refractivity contribution is 7.17. The molecule has 6 heteroatoms. The second kappa shape index (κ2) is 6.07. The number of fused-ring (bicyclic) bond motifs is 1. The molecule has 25 heavy (non-hydrogen) atoms. The normalized spacial score (nSPS) is 10.9. The molecule has 4 rings (SSSR count). The van der Waals surface area contributed by atoms with E-state index in [1.54, 1.807) is 46.4 Å². The summed E-state index contributed by atoms with van der Waals surface area (Å²) in [6, 6.07) is 14.8. The molecule has 0 unspecified atom stereocenters. The van der Waals surface area contributed by atoms with Crippen molar-refractivity contribution in [3.63, 3.8) is 0 Å². The lowest BCUT2D eigenvalue weighted by Crippen LogP contribution is -2.16. The number of hydrogen-bond donors (Lipinski definition) is 2. The number of aromatic amines is 1. The molecule has 124 valence electrons. The van der Waals surface area contributed by atoms with E-state index in [-0.39, 0.29) is 11.6 Å². The Labute approximate surface area is 147 Å². The van der Waals surface area contributed by atoms with E-state index >= 15 is 0 Å². The fourth-order valence-corrected chi connectivity index (χ4v) is 3.56. The van der Waals surface area contributed by atoms with Crippen LogP contribution in [0.2, 0.25) is 0 Å². The second-order valence-electron chi connectivity index (χ2n) is 5.74. The number of imidazole rings is 1. The topological polar surface area (TPSA) is 66.9 Å². The Kier molecular flexibility index (Phi) is 3.74. The summed E-state index contributed by atoms with van der Waals surface area (Å²) < 4.78 is 2.75. The van der Waals surface area contributed by atoms with E-state index in [9.17, 15) is 9.59 Å². The number of nitrogens with one attached hydrogen (secondary N) is 2. The predicted molar refractivity (Wildman–Crippen MR) is 101 cm³/mol. The van der Waals surface area contributed by atoms with E-state index in [0.29, 0.717) is 5.56 Å². The Balaban J connectivity index is 1.57. The van der Waals surface area contributed by atoms with Gasteiger partial charge in [0.15, 0.2) is 0 Å². The number of nitrogens with zero attached hydrogens (tertiary/aromatic N) is 1. The number of carbonyl (C=O) groups is 1. The van der Waals surface area contributed by atoms with E-state index in [0.717, 1.165) is 22.5 Å². The fourth-order valence-electron chi connectivity index (χ4n) is 2.79. The van der Waals surface area contributed by atoms with E-state index < -0.39 is 0 Å². The molecule has 0 saturated heterocycles. The van der Waals surface area contributed by atoms with Crippen LogP contribution >= 0.6 is 11.3 Å². The van der Waals surface area contributed by atoms with Crippen LogP contribution in [0, 0.1) is 6.92 Å². The van der Waals surface area contributed by atoms with Crippen molar-refractivity contribution < 1.29 is 4.79 Å². The van der Waals surface area contributed by atoms with Gasteiger partial charge < -0.3 is 10.3 Å². The summed E-state index contributed by atoms with van der Waals surface area (Å²) >= 11 is 1.67. The van der Waals surface area contributed by atoms with Gasteiger partial charge in [0.2, 0.25) is 0 Å². The van der Waals surface area contributed by atoms with Crippen molar-refractivity contribution in [2.75, 3.05) is 5.32 Å². The molecule has 0 radical (unpaired) electrons. The number of hydrogen-bond acceptors (Lipinski definition) is 3. The van der Waals surface area contributed by atoms with Gasteiger partial charge in [-0.25, -0.2) is 4.79 Å². The van der Waals surface area contributed by atoms with Gasteiger partial charge in [0.05, 0.1) is 5.69 Å². The lowest BCUT2D eigenvalue weighted by Gasteiger charge is -2.08. The number of aromatic nitrogens is 2. The quantitative estimate of drug-likeness (QED) is 0.588. The summed E-state index contributed by atoms with van der Waals surface area (Å²) in [7, 11) is 0. The maximum atomic E-state index is 12.4. The van der Waals surface area contributed by atoms with Crippen LogP contribution in [-0.4, -0.2) is 15.5 Å². The SMILES string of the molecule is Cc1c[nH]c(=O)n1-c1ccc(C(=O)Nc2ccc3sccc3c2)cc1. The molecule has 2 aromatic carbocycles. The van der Waals surface area contributed by atoms with E-state index in [4.69, 9.17) is 0 Å². The molecule has 2 heterocycles. The molecule has 1 amide bonds. The van der Waals surface area contributed by atoms with Crippen molar-refractivity contribution in [3.05, 3.63) is 81.8 Å². The highest BCUT2D eigenvalue weighted by Gasteiger charge is 2.09. The smallest absolute Gasteiger partial charge is 0.322 e. The first-order valence-corrected chi connectivity index (χ1v) is 8.66. The van der Waals surface area contributed by atoms with Crippen molar-refractivity contribution >= 4 is 33.0 Å². The van der Waals surface area contributed by atoms with Gasteiger partial charge in [0, 0.05) is 27.8 Å². The minimum atomic E-state index is -0.196. The lowest BCUT2D eigenvalue weighted by molar-refractivity contribution is 0.102. The first-order chi connectivity index (χ1) is 12.1. The molecular weight excluding hydrogens is 334 g/mol. The molecule has 0 aliphatic rings. The molecule has 0 aliphatic carbocycles. The number of thiophene rings is 1. The summed E-state index contributed by atoms with van der Waals surface area (Å²) in [5, 5.41) is 6.05. The summed E-state index contributed by atoms with van der Waals surface area (Å²) in [5.41, 5.74) is 2.64. The zero-order chi connectivity index (χ0) is 17.4. The largest absolute Gasteiger partial charge is 0.330 e. The Morgan fingerprint density at radius 2 is 1.92 bits per heavy atom. The van der Waals surface area contributed by atoms with Crippen LogP contribution in [0.25, 0.3) is 15.8 Å². The summed E-state index contributed by atoms with van der Waals surface area (Å²) in [5.74, 6) is -0.181. The minimum absolute atomic E-state index is 0.181. The van der Waals surface area contributed by atoms with Crippen LogP contribution in [0.5, 0.6) is 0 Å². The number of benzene rings is 2. The van der Waals surface area contributed by atoms with Gasteiger partial charge in [-0.15, -0.1) is 11.3 Å². The van der Waals surface area contributed by atoms with Crippen molar-refractivity contribution in [2.45, 2.75) is 6.92 Å². The van der Waals surface area contributed by atoms with Crippen LogP contribution in [0.4, 0.5) is 5.69 Å². The van der Waals surface area contributed by atoms with Crippen molar-refractivity contribution in [1.29, 1.82) is 0 Å². The first kappa shape index (κ1) is 15.4. The van der Waals surface area contributed by atoms with E-state index in [1.807, 2.05) is 36.6 Å². The van der Waals surface area contributed by atoms with Gasteiger partial charge in [-0.05, 0) is 66.2 Å². The monoisotopic (exact) mass is 349 g/mol. The van der Waals surface area contributed by atoms with Gasteiger partial charge in [-0.1, -0.05) is 0 Å². The van der Waals surface area contributed by atoms with Crippen LogP contribution in [0.3, 0.4) is 0 Å². The van der Waals surface area contributed by atoms with Crippen molar-refractivity contribution in [2.24, 2.45) is 0 Å². The highest BCUT2D eigenvalue weighted by Crippen LogP contribution is 2.24. The van der Waals surface area contributed by atoms with Gasteiger partial charge in [-0.2, -0.15) is 0 Å². The molecule has 5 nitrogen and oxygen atoms in total. The molecule has 0 atom stereocenters. The Morgan fingerprint density at radius 1 is 1.12 bits per heavy atom.